The molecule has 154 valence electrons. The summed E-state index contributed by atoms with van der Waals surface area (Å²) in [6.45, 7) is 6.21. The van der Waals surface area contributed by atoms with Gasteiger partial charge in [-0.05, 0) is 70.5 Å². The number of likely N-dealkylation sites (tertiary alicyclic amines) is 1. The summed E-state index contributed by atoms with van der Waals surface area (Å²) in [5.74, 6) is 0.685. The monoisotopic (exact) mass is 404 g/mol. The van der Waals surface area contributed by atoms with Crippen molar-refractivity contribution >= 4 is 10.0 Å². The van der Waals surface area contributed by atoms with E-state index in [1.54, 1.807) is 6.92 Å². The molecule has 5 nitrogen and oxygen atoms in total. The number of fused-ring (bicyclic) bond motifs is 1. The summed E-state index contributed by atoms with van der Waals surface area (Å²) in [5, 5.41) is 0. The first-order valence-corrected chi connectivity index (χ1v) is 12.0. The highest BCUT2D eigenvalue weighted by atomic mass is 32.2. The van der Waals surface area contributed by atoms with E-state index in [0.29, 0.717) is 18.7 Å². The summed E-state index contributed by atoms with van der Waals surface area (Å²) in [7, 11) is -3.60. The predicted octanol–water partition coefficient (Wildman–Crippen LogP) is 3.53. The lowest BCUT2D eigenvalue weighted by Crippen LogP contribution is -2.50. The third-order valence-electron chi connectivity index (χ3n) is 6.42. The Hall–Kier alpha value is -1.37. The Bertz CT molecular complexity index is 865. The van der Waals surface area contributed by atoms with E-state index >= 15 is 0 Å². The summed E-state index contributed by atoms with van der Waals surface area (Å²) in [5.41, 5.74) is 3.62. The maximum atomic E-state index is 13.1. The zero-order valence-corrected chi connectivity index (χ0v) is 17.9. The summed E-state index contributed by atoms with van der Waals surface area (Å²) in [6.07, 6.45) is 9.93. The van der Waals surface area contributed by atoms with Gasteiger partial charge in [0.05, 0.1) is 0 Å². The minimum absolute atomic E-state index is 0.271. The van der Waals surface area contributed by atoms with E-state index in [-0.39, 0.29) is 6.04 Å². The molecule has 0 spiro atoms. The SMILES string of the molecule is Cc1ccc2c(c1)CC(C)(S(=O)(=O)NCC1CCCN1CC1=CCCCC1)O2. The normalized spacial score (nSPS) is 28.1. The van der Waals surface area contributed by atoms with Gasteiger partial charge in [-0.1, -0.05) is 29.3 Å². The largest absolute Gasteiger partial charge is 0.470 e. The standard InChI is InChI=1S/C22H32N2O3S/c1-17-10-11-21-19(13-17)14-22(2,27-21)28(25,26)23-15-20-9-6-12-24(20)16-18-7-4-3-5-8-18/h7,10-11,13,20,23H,3-6,8-9,12,14-16H2,1-2H3. The highest BCUT2D eigenvalue weighted by Crippen LogP contribution is 2.38. The molecule has 6 heteroatoms. The van der Waals surface area contributed by atoms with Crippen LogP contribution in [-0.2, 0) is 16.4 Å². The van der Waals surface area contributed by atoms with Crippen LogP contribution in [0, 0.1) is 6.92 Å². The van der Waals surface area contributed by atoms with Gasteiger partial charge >= 0.3 is 0 Å². The molecule has 1 aromatic carbocycles. The lowest BCUT2D eigenvalue weighted by molar-refractivity contribution is 0.198. The third kappa shape index (κ3) is 4.00. The molecule has 1 N–H and O–H groups in total. The lowest BCUT2D eigenvalue weighted by Gasteiger charge is -2.29. The molecule has 2 unspecified atom stereocenters. The second-order valence-corrected chi connectivity index (χ2v) is 10.9. The molecule has 4 rings (SSSR count). The van der Waals surface area contributed by atoms with Gasteiger partial charge in [0.25, 0.3) is 10.0 Å². The van der Waals surface area contributed by atoms with Crippen molar-refractivity contribution in [2.45, 2.75) is 69.8 Å². The molecule has 2 aliphatic heterocycles. The second-order valence-electron chi connectivity index (χ2n) is 8.75. The van der Waals surface area contributed by atoms with Gasteiger partial charge in [-0.3, -0.25) is 4.90 Å². The van der Waals surface area contributed by atoms with Crippen molar-refractivity contribution in [3.8, 4) is 5.75 Å². The van der Waals surface area contributed by atoms with Crippen LogP contribution < -0.4 is 9.46 Å². The van der Waals surface area contributed by atoms with Crippen molar-refractivity contribution in [1.82, 2.24) is 9.62 Å². The maximum absolute atomic E-state index is 13.1. The number of sulfonamides is 1. The van der Waals surface area contributed by atoms with Crippen molar-refractivity contribution in [3.63, 3.8) is 0 Å². The van der Waals surface area contributed by atoms with Gasteiger partial charge in [0.15, 0.2) is 0 Å². The van der Waals surface area contributed by atoms with Crippen LogP contribution in [-0.4, -0.2) is 43.9 Å². The number of hydrogen-bond acceptors (Lipinski definition) is 4. The van der Waals surface area contributed by atoms with E-state index in [2.05, 4.69) is 15.7 Å². The summed E-state index contributed by atoms with van der Waals surface area (Å²) in [4.78, 5) is 1.22. The number of hydrogen-bond donors (Lipinski definition) is 1. The molecule has 0 bridgehead atoms. The molecule has 2 atom stereocenters. The molecule has 1 aliphatic carbocycles. The molecule has 1 aromatic rings. The number of benzene rings is 1. The second kappa shape index (κ2) is 7.81. The van der Waals surface area contributed by atoms with E-state index in [1.807, 2.05) is 25.1 Å². The van der Waals surface area contributed by atoms with Crippen LogP contribution >= 0.6 is 0 Å². The van der Waals surface area contributed by atoms with Crippen LogP contribution in [0.3, 0.4) is 0 Å². The van der Waals surface area contributed by atoms with Crippen LogP contribution in [0.2, 0.25) is 0 Å². The van der Waals surface area contributed by atoms with Gasteiger partial charge in [-0.2, -0.15) is 0 Å². The van der Waals surface area contributed by atoms with Crippen LogP contribution in [0.15, 0.2) is 29.8 Å². The summed E-state index contributed by atoms with van der Waals surface area (Å²) < 4.78 is 35.0. The molecular weight excluding hydrogens is 372 g/mol. The molecule has 0 saturated carbocycles. The van der Waals surface area contributed by atoms with E-state index < -0.39 is 15.0 Å². The molecular formula is C22H32N2O3S. The zero-order valence-electron chi connectivity index (χ0n) is 17.0. The Morgan fingerprint density at radius 3 is 2.93 bits per heavy atom. The minimum atomic E-state index is -3.60. The maximum Gasteiger partial charge on any atom is 0.252 e. The smallest absolute Gasteiger partial charge is 0.252 e. The number of aryl methyl sites for hydroxylation is 1. The Morgan fingerprint density at radius 2 is 2.14 bits per heavy atom. The number of rotatable bonds is 6. The molecule has 1 fully saturated rings. The van der Waals surface area contributed by atoms with E-state index in [9.17, 15) is 8.42 Å². The molecule has 0 aromatic heterocycles. The van der Waals surface area contributed by atoms with E-state index in [0.717, 1.165) is 37.1 Å². The Labute approximate surface area is 169 Å². The van der Waals surface area contributed by atoms with Gasteiger partial charge in [-0.15, -0.1) is 0 Å². The molecule has 0 amide bonds. The fourth-order valence-corrected chi connectivity index (χ4v) is 5.97. The van der Waals surface area contributed by atoms with Crippen LogP contribution in [0.5, 0.6) is 5.75 Å². The number of nitrogens with one attached hydrogen (secondary N) is 1. The average Bonchev–Trinajstić information content (AvgIpc) is 3.24. The van der Waals surface area contributed by atoms with Crippen molar-refractivity contribution in [2.75, 3.05) is 19.6 Å². The first-order valence-electron chi connectivity index (χ1n) is 10.6. The Balaban J connectivity index is 1.39. The van der Waals surface area contributed by atoms with Crippen LogP contribution in [0.4, 0.5) is 0 Å². The predicted molar refractivity (Wildman–Crippen MR) is 112 cm³/mol. The minimum Gasteiger partial charge on any atom is -0.470 e. The van der Waals surface area contributed by atoms with Crippen LogP contribution in [0.25, 0.3) is 0 Å². The van der Waals surface area contributed by atoms with Crippen molar-refractivity contribution in [2.24, 2.45) is 0 Å². The van der Waals surface area contributed by atoms with Crippen molar-refractivity contribution in [1.29, 1.82) is 0 Å². The van der Waals surface area contributed by atoms with Gasteiger partial charge in [-0.25, -0.2) is 13.1 Å². The highest BCUT2D eigenvalue weighted by Gasteiger charge is 2.47. The Morgan fingerprint density at radius 1 is 1.29 bits per heavy atom. The highest BCUT2D eigenvalue weighted by molar-refractivity contribution is 7.90. The van der Waals surface area contributed by atoms with E-state index in [4.69, 9.17) is 4.74 Å². The topological polar surface area (TPSA) is 58.6 Å². The van der Waals surface area contributed by atoms with Crippen molar-refractivity contribution < 1.29 is 13.2 Å². The first-order chi connectivity index (χ1) is 13.4. The number of allylic oxidation sites excluding steroid dienone is 1. The van der Waals surface area contributed by atoms with Gasteiger partial charge < -0.3 is 4.74 Å². The molecule has 2 heterocycles. The van der Waals surface area contributed by atoms with Gasteiger partial charge in [0, 0.05) is 25.6 Å². The number of ether oxygens (including phenoxy) is 1. The summed E-state index contributed by atoms with van der Waals surface area (Å²) >= 11 is 0. The Kier molecular flexibility index (Phi) is 5.55. The lowest BCUT2D eigenvalue weighted by atomic mass is 9.99. The van der Waals surface area contributed by atoms with Crippen LogP contribution in [0.1, 0.15) is 56.6 Å². The molecule has 1 saturated heterocycles. The molecule has 0 radical (unpaired) electrons. The van der Waals surface area contributed by atoms with Crippen molar-refractivity contribution in [3.05, 3.63) is 41.0 Å². The summed E-state index contributed by atoms with van der Waals surface area (Å²) in [6, 6.07) is 6.13. The zero-order chi connectivity index (χ0) is 19.8. The molecule has 3 aliphatic rings. The first kappa shape index (κ1) is 19.9. The number of nitrogens with zero attached hydrogens (tertiary/aromatic N) is 1. The fraction of sp³-hybridized carbons (Fsp3) is 0.636. The van der Waals surface area contributed by atoms with Gasteiger partial charge in [0.1, 0.15) is 5.75 Å². The quantitative estimate of drug-likeness (QED) is 0.737. The third-order valence-corrected chi connectivity index (χ3v) is 8.33. The molecule has 28 heavy (non-hydrogen) atoms. The van der Waals surface area contributed by atoms with Gasteiger partial charge in [0.2, 0.25) is 4.93 Å². The average molecular weight is 405 g/mol. The fourth-order valence-electron chi connectivity index (χ4n) is 4.71. The van der Waals surface area contributed by atoms with E-state index in [1.165, 1.54) is 31.3 Å².